The lowest BCUT2D eigenvalue weighted by Crippen LogP contribution is -2.03. The highest BCUT2D eigenvalue weighted by molar-refractivity contribution is 9.10. The van der Waals surface area contributed by atoms with Gasteiger partial charge >= 0.3 is 5.97 Å². The minimum atomic E-state index is -0.389. The van der Waals surface area contributed by atoms with Crippen LogP contribution in [-0.4, -0.2) is 5.97 Å². The molecule has 3 aromatic carbocycles. The summed E-state index contributed by atoms with van der Waals surface area (Å²) in [7, 11) is 0. The molecule has 23 heavy (non-hydrogen) atoms. The Morgan fingerprint density at radius 2 is 1.83 bits per heavy atom. The molecular formula is C20H15BrO2. The largest absolute Gasteiger partial charge is 0.423 e. The summed E-state index contributed by atoms with van der Waals surface area (Å²) in [5.74, 6) is 0.151. The molecule has 0 amide bonds. The predicted molar refractivity (Wildman–Crippen MR) is 97.5 cm³/mol. The molecule has 0 saturated heterocycles. The van der Waals surface area contributed by atoms with Gasteiger partial charge in [0.05, 0.1) is 0 Å². The van der Waals surface area contributed by atoms with Crippen molar-refractivity contribution in [2.24, 2.45) is 0 Å². The Bertz CT molecular complexity index is 892. The molecule has 2 nitrogen and oxygen atoms in total. The SMILES string of the molecule is Cc1cc(OC(=O)C=Cc2cccc3ccccc23)ccc1Br. The van der Waals surface area contributed by atoms with E-state index < -0.39 is 0 Å². The Morgan fingerprint density at radius 1 is 1.04 bits per heavy atom. The first-order valence-electron chi connectivity index (χ1n) is 7.27. The summed E-state index contributed by atoms with van der Waals surface area (Å²) < 4.78 is 6.33. The second-order valence-electron chi connectivity index (χ2n) is 5.23. The van der Waals surface area contributed by atoms with Crippen molar-refractivity contribution in [3.05, 3.63) is 82.3 Å². The van der Waals surface area contributed by atoms with Crippen LogP contribution in [0.1, 0.15) is 11.1 Å². The van der Waals surface area contributed by atoms with E-state index >= 15 is 0 Å². The molecule has 0 atom stereocenters. The van der Waals surface area contributed by atoms with E-state index in [0.717, 1.165) is 26.4 Å². The second-order valence-corrected chi connectivity index (χ2v) is 6.09. The number of carbonyl (C=O) groups excluding carboxylic acids is 1. The number of fused-ring (bicyclic) bond motifs is 1. The van der Waals surface area contributed by atoms with Gasteiger partial charge in [-0.3, -0.25) is 0 Å². The quantitative estimate of drug-likeness (QED) is 0.346. The van der Waals surface area contributed by atoms with Crippen LogP contribution in [0, 0.1) is 6.92 Å². The molecule has 0 aliphatic carbocycles. The first-order chi connectivity index (χ1) is 11.1. The smallest absolute Gasteiger partial charge is 0.336 e. The van der Waals surface area contributed by atoms with Crippen molar-refractivity contribution in [1.82, 2.24) is 0 Å². The number of carbonyl (C=O) groups is 1. The van der Waals surface area contributed by atoms with Crippen LogP contribution in [-0.2, 0) is 4.79 Å². The maximum absolute atomic E-state index is 12.0. The van der Waals surface area contributed by atoms with E-state index in [1.807, 2.05) is 49.4 Å². The van der Waals surface area contributed by atoms with E-state index in [4.69, 9.17) is 4.74 Å². The van der Waals surface area contributed by atoms with E-state index in [0.29, 0.717) is 5.75 Å². The van der Waals surface area contributed by atoms with Gasteiger partial charge in [-0.2, -0.15) is 0 Å². The highest BCUT2D eigenvalue weighted by Crippen LogP contribution is 2.22. The van der Waals surface area contributed by atoms with E-state index in [1.165, 1.54) is 6.08 Å². The van der Waals surface area contributed by atoms with Crippen LogP contribution in [0.2, 0.25) is 0 Å². The minimum Gasteiger partial charge on any atom is -0.423 e. The molecule has 3 aromatic rings. The van der Waals surface area contributed by atoms with Gasteiger partial charge in [0.1, 0.15) is 5.75 Å². The van der Waals surface area contributed by atoms with E-state index in [2.05, 4.69) is 28.1 Å². The van der Waals surface area contributed by atoms with Gasteiger partial charge in [-0.15, -0.1) is 0 Å². The fourth-order valence-corrected chi connectivity index (χ4v) is 2.63. The Hall–Kier alpha value is -2.39. The summed E-state index contributed by atoms with van der Waals surface area (Å²) in [6.07, 6.45) is 3.25. The van der Waals surface area contributed by atoms with Gasteiger partial charge in [-0.05, 0) is 53.1 Å². The molecule has 0 N–H and O–H groups in total. The molecule has 0 bridgehead atoms. The van der Waals surface area contributed by atoms with Gasteiger partial charge in [-0.25, -0.2) is 4.79 Å². The van der Waals surface area contributed by atoms with E-state index in [1.54, 1.807) is 12.1 Å². The summed E-state index contributed by atoms with van der Waals surface area (Å²) >= 11 is 3.43. The average molecular weight is 367 g/mol. The maximum atomic E-state index is 12.0. The lowest BCUT2D eigenvalue weighted by Gasteiger charge is -2.04. The van der Waals surface area contributed by atoms with E-state index in [9.17, 15) is 4.79 Å². The summed E-state index contributed by atoms with van der Waals surface area (Å²) in [5.41, 5.74) is 2.01. The van der Waals surface area contributed by atoms with Crippen molar-refractivity contribution in [3.8, 4) is 5.75 Å². The number of esters is 1. The van der Waals surface area contributed by atoms with Gasteiger partial charge in [0, 0.05) is 10.5 Å². The zero-order chi connectivity index (χ0) is 16.2. The van der Waals surface area contributed by atoms with Gasteiger partial charge in [0.2, 0.25) is 0 Å². The fraction of sp³-hybridized carbons (Fsp3) is 0.0500. The normalized spacial score (nSPS) is 11.0. The topological polar surface area (TPSA) is 26.3 Å². The van der Waals surface area contributed by atoms with Crippen molar-refractivity contribution in [1.29, 1.82) is 0 Å². The molecule has 0 fully saturated rings. The van der Waals surface area contributed by atoms with Crippen LogP contribution in [0.25, 0.3) is 16.8 Å². The van der Waals surface area contributed by atoms with Gasteiger partial charge in [0.25, 0.3) is 0 Å². The summed E-state index contributed by atoms with van der Waals surface area (Å²) in [4.78, 5) is 12.0. The zero-order valence-electron chi connectivity index (χ0n) is 12.6. The third-order valence-corrected chi connectivity index (χ3v) is 4.46. The molecule has 0 aliphatic rings. The van der Waals surface area contributed by atoms with Crippen LogP contribution in [0.5, 0.6) is 5.75 Å². The molecule has 0 aliphatic heterocycles. The number of benzene rings is 3. The molecule has 3 heteroatoms. The highest BCUT2D eigenvalue weighted by Gasteiger charge is 2.03. The molecule has 0 saturated carbocycles. The first kappa shape index (κ1) is 15.5. The lowest BCUT2D eigenvalue weighted by molar-refractivity contribution is -0.128. The minimum absolute atomic E-state index is 0.389. The predicted octanol–water partition coefficient (Wildman–Crippen LogP) is 5.53. The fourth-order valence-electron chi connectivity index (χ4n) is 2.38. The highest BCUT2D eigenvalue weighted by atomic mass is 79.9. The molecule has 0 spiro atoms. The molecule has 3 rings (SSSR count). The van der Waals surface area contributed by atoms with Gasteiger partial charge in [-0.1, -0.05) is 58.4 Å². The molecule has 0 aromatic heterocycles. The van der Waals surface area contributed by atoms with Crippen molar-refractivity contribution < 1.29 is 9.53 Å². The zero-order valence-corrected chi connectivity index (χ0v) is 14.2. The van der Waals surface area contributed by atoms with Crippen molar-refractivity contribution in [3.63, 3.8) is 0 Å². The maximum Gasteiger partial charge on any atom is 0.336 e. The number of aryl methyl sites for hydroxylation is 1. The molecule has 0 unspecified atom stereocenters. The summed E-state index contributed by atoms with van der Waals surface area (Å²) in [6, 6.07) is 19.5. The van der Waals surface area contributed by atoms with Crippen LogP contribution in [0.3, 0.4) is 0 Å². The molecular weight excluding hydrogens is 352 g/mol. The first-order valence-corrected chi connectivity index (χ1v) is 8.06. The Labute approximate surface area is 143 Å². The molecule has 0 radical (unpaired) electrons. The van der Waals surface area contributed by atoms with Crippen LogP contribution < -0.4 is 4.74 Å². The number of rotatable bonds is 3. The second kappa shape index (κ2) is 6.80. The van der Waals surface area contributed by atoms with Gasteiger partial charge < -0.3 is 4.74 Å². The van der Waals surface area contributed by atoms with Crippen molar-refractivity contribution in [2.75, 3.05) is 0 Å². The van der Waals surface area contributed by atoms with Crippen LogP contribution in [0.4, 0.5) is 0 Å². The number of hydrogen-bond donors (Lipinski definition) is 0. The number of hydrogen-bond acceptors (Lipinski definition) is 2. The summed E-state index contributed by atoms with van der Waals surface area (Å²) in [5, 5.41) is 2.25. The van der Waals surface area contributed by atoms with Crippen molar-refractivity contribution >= 4 is 38.7 Å². The Kier molecular flexibility index (Phi) is 4.58. The van der Waals surface area contributed by atoms with Gasteiger partial charge in [0.15, 0.2) is 0 Å². The number of ether oxygens (including phenoxy) is 1. The van der Waals surface area contributed by atoms with E-state index in [-0.39, 0.29) is 5.97 Å². The third kappa shape index (κ3) is 3.69. The Balaban J connectivity index is 1.78. The number of halogens is 1. The average Bonchev–Trinajstić information content (AvgIpc) is 2.56. The van der Waals surface area contributed by atoms with Crippen LogP contribution >= 0.6 is 15.9 Å². The standard InChI is InChI=1S/C20H15BrO2/c1-14-13-17(10-11-19(14)21)23-20(22)12-9-16-7-4-6-15-5-2-3-8-18(15)16/h2-13H,1H3. The lowest BCUT2D eigenvalue weighted by atomic mass is 10.0. The molecule has 114 valence electrons. The third-order valence-electron chi connectivity index (χ3n) is 3.57. The molecule has 0 heterocycles. The summed E-state index contributed by atoms with van der Waals surface area (Å²) in [6.45, 7) is 1.95. The monoisotopic (exact) mass is 366 g/mol. The van der Waals surface area contributed by atoms with Crippen LogP contribution in [0.15, 0.2) is 71.2 Å². The van der Waals surface area contributed by atoms with Crippen molar-refractivity contribution in [2.45, 2.75) is 6.92 Å². The Morgan fingerprint density at radius 3 is 2.65 bits per heavy atom.